The summed E-state index contributed by atoms with van der Waals surface area (Å²) in [5.74, 6) is -1.31. The molecule has 0 saturated heterocycles. The first-order valence-electron chi connectivity index (χ1n) is 14.7. The lowest BCUT2D eigenvalue weighted by Crippen LogP contribution is -2.54. The van der Waals surface area contributed by atoms with Crippen LogP contribution < -0.4 is 21.1 Å². The van der Waals surface area contributed by atoms with Crippen molar-refractivity contribution in [2.45, 2.75) is 50.1 Å². The van der Waals surface area contributed by atoms with Gasteiger partial charge in [0.1, 0.15) is 17.9 Å². The van der Waals surface area contributed by atoms with Crippen molar-refractivity contribution in [2.75, 3.05) is 0 Å². The fraction of sp³-hybridized carbons (Fsp3) is 0.235. The number of carbonyl (C=O) groups is 2. The van der Waals surface area contributed by atoms with Crippen LogP contribution in [0.15, 0.2) is 109 Å². The molecule has 0 aliphatic rings. The number of carbonyl (C=O) groups excluding carboxylic acids is 2. The minimum Gasteiger partial charge on any atom is -0.384 e. The third-order valence-electron chi connectivity index (χ3n) is 7.24. The summed E-state index contributed by atoms with van der Waals surface area (Å²) in [4.78, 5) is 31.2. The van der Waals surface area contributed by atoms with Crippen molar-refractivity contribution in [3.63, 3.8) is 0 Å². The minimum absolute atomic E-state index is 0.0503. The summed E-state index contributed by atoms with van der Waals surface area (Å²) in [6.07, 6.45) is 4.75. The van der Waals surface area contributed by atoms with Crippen LogP contribution >= 0.6 is 0 Å². The highest BCUT2D eigenvalue weighted by molar-refractivity contribution is 7.88. The number of aromatic nitrogens is 1. The Balaban J connectivity index is 1.50. The second-order valence-corrected chi connectivity index (χ2v) is 12.5. The smallest absolute Gasteiger partial charge is 0.242 e. The quantitative estimate of drug-likeness (QED) is 0.0946. The molecule has 2 amide bonds. The normalized spacial score (nSPS) is 12.5. The van der Waals surface area contributed by atoms with Gasteiger partial charge in [-0.15, -0.1) is 0 Å². The maximum absolute atomic E-state index is 13.7. The summed E-state index contributed by atoms with van der Waals surface area (Å²) in [5.41, 5.74) is 9.40. The molecule has 0 saturated carbocycles. The van der Waals surface area contributed by atoms with Gasteiger partial charge in [-0.25, -0.2) is 13.1 Å². The number of nitrogen functional groups attached to an aromatic ring is 1. The van der Waals surface area contributed by atoms with Gasteiger partial charge in [0.25, 0.3) is 0 Å². The van der Waals surface area contributed by atoms with E-state index in [1.807, 2.05) is 42.5 Å². The number of nitrogens with one attached hydrogen (secondary N) is 4. The van der Waals surface area contributed by atoms with Gasteiger partial charge in [-0.05, 0) is 60.1 Å². The van der Waals surface area contributed by atoms with E-state index in [4.69, 9.17) is 11.1 Å². The SMILES string of the molecule is N=C(N)c1ccc(CNC(=O)C(CCc2ccncc2)NC(=O)C(CCc2ccccc2)NS(=O)(=O)Cc2ccccc2)cc1. The molecule has 0 fully saturated rings. The second-order valence-electron chi connectivity index (χ2n) is 10.7. The van der Waals surface area contributed by atoms with E-state index >= 15 is 0 Å². The summed E-state index contributed by atoms with van der Waals surface area (Å²) in [5, 5.41) is 13.3. The number of rotatable bonds is 16. The maximum atomic E-state index is 13.7. The molecule has 0 spiro atoms. The highest BCUT2D eigenvalue weighted by Crippen LogP contribution is 2.12. The Morgan fingerprint density at radius 3 is 1.87 bits per heavy atom. The van der Waals surface area contributed by atoms with Crippen LogP contribution in [0.3, 0.4) is 0 Å². The lowest BCUT2D eigenvalue weighted by Gasteiger charge is -2.23. The van der Waals surface area contributed by atoms with E-state index < -0.39 is 33.9 Å². The zero-order valence-electron chi connectivity index (χ0n) is 24.9. The molecule has 11 heteroatoms. The number of hydrogen-bond acceptors (Lipinski definition) is 6. The number of nitrogens with zero attached hydrogens (tertiary/aromatic N) is 1. The fourth-order valence-electron chi connectivity index (χ4n) is 4.77. The number of nitrogens with two attached hydrogens (primary N) is 1. The van der Waals surface area contributed by atoms with Crippen molar-refractivity contribution in [3.8, 4) is 0 Å². The first-order valence-corrected chi connectivity index (χ1v) is 16.3. The first kappa shape index (κ1) is 33.0. The van der Waals surface area contributed by atoms with Crippen molar-refractivity contribution < 1.29 is 18.0 Å². The van der Waals surface area contributed by atoms with Gasteiger partial charge in [0.2, 0.25) is 21.8 Å². The molecule has 0 radical (unpaired) electrons. The van der Waals surface area contributed by atoms with Crippen LogP contribution in [-0.4, -0.2) is 43.1 Å². The van der Waals surface area contributed by atoms with Crippen LogP contribution in [0.1, 0.15) is 40.7 Å². The summed E-state index contributed by atoms with van der Waals surface area (Å²) >= 11 is 0. The van der Waals surface area contributed by atoms with Gasteiger partial charge in [-0.2, -0.15) is 0 Å². The average Bonchev–Trinajstić information content (AvgIpc) is 3.05. The number of aryl methyl sites for hydroxylation is 2. The van der Waals surface area contributed by atoms with Crippen molar-refractivity contribution in [1.82, 2.24) is 20.3 Å². The Hall–Kier alpha value is -4.87. The van der Waals surface area contributed by atoms with Crippen LogP contribution in [0.5, 0.6) is 0 Å². The molecule has 2 unspecified atom stereocenters. The zero-order chi connectivity index (χ0) is 32.1. The molecule has 10 nitrogen and oxygen atoms in total. The molecule has 4 aromatic rings. The highest BCUT2D eigenvalue weighted by Gasteiger charge is 2.29. The summed E-state index contributed by atoms with van der Waals surface area (Å²) in [7, 11) is -3.89. The lowest BCUT2D eigenvalue weighted by atomic mass is 10.0. The van der Waals surface area contributed by atoms with Crippen LogP contribution in [0.2, 0.25) is 0 Å². The van der Waals surface area contributed by atoms with E-state index in [0.717, 1.165) is 16.7 Å². The van der Waals surface area contributed by atoms with Gasteiger partial charge < -0.3 is 16.4 Å². The molecule has 1 aromatic heterocycles. The van der Waals surface area contributed by atoms with Crippen LogP contribution in [0, 0.1) is 5.41 Å². The Morgan fingerprint density at radius 1 is 0.711 bits per heavy atom. The molecule has 6 N–H and O–H groups in total. The maximum Gasteiger partial charge on any atom is 0.242 e. The monoisotopic (exact) mass is 626 g/mol. The topological polar surface area (TPSA) is 167 Å². The van der Waals surface area contributed by atoms with Crippen LogP contribution in [0.4, 0.5) is 0 Å². The van der Waals surface area contributed by atoms with E-state index in [0.29, 0.717) is 24.0 Å². The predicted molar refractivity (Wildman–Crippen MR) is 175 cm³/mol. The molecule has 45 heavy (non-hydrogen) atoms. The average molecular weight is 627 g/mol. The van der Waals surface area contributed by atoms with Gasteiger partial charge in [-0.3, -0.25) is 20.0 Å². The zero-order valence-corrected chi connectivity index (χ0v) is 25.7. The molecular formula is C34H38N6O4S. The number of amidine groups is 1. The fourth-order valence-corrected chi connectivity index (χ4v) is 6.14. The summed E-state index contributed by atoms with van der Waals surface area (Å²) in [6, 6.07) is 26.8. The number of hydrogen-bond donors (Lipinski definition) is 5. The molecule has 1 heterocycles. The predicted octanol–water partition coefficient (Wildman–Crippen LogP) is 3.22. The molecule has 0 bridgehead atoms. The van der Waals surface area contributed by atoms with E-state index in [9.17, 15) is 18.0 Å². The number of benzene rings is 3. The van der Waals surface area contributed by atoms with Gasteiger partial charge >= 0.3 is 0 Å². The van der Waals surface area contributed by atoms with Gasteiger partial charge in [-0.1, -0.05) is 84.9 Å². The highest BCUT2D eigenvalue weighted by atomic mass is 32.2. The van der Waals surface area contributed by atoms with Crippen molar-refractivity contribution in [1.29, 1.82) is 5.41 Å². The number of amides is 2. The van der Waals surface area contributed by atoms with Crippen LogP contribution in [-0.2, 0) is 44.8 Å². The Kier molecular flexibility index (Phi) is 11.9. The molecule has 0 aliphatic heterocycles. The lowest BCUT2D eigenvalue weighted by molar-refractivity contribution is -0.130. The standard InChI is InChI=1S/C34H38N6O4S/c35-32(36)29-15-11-27(12-16-29)23-38-33(41)30(17-13-26-19-21-37-22-20-26)39-34(42)31(18-14-25-7-3-1-4-8-25)40-45(43,44)24-28-9-5-2-6-10-28/h1-12,15-16,19-22,30-31,40H,13-14,17-18,23-24H2,(H3,35,36)(H,38,41)(H,39,42). The molecule has 0 aliphatic carbocycles. The van der Waals surface area contributed by atoms with Crippen molar-refractivity contribution in [3.05, 3.63) is 137 Å². The van der Waals surface area contributed by atoms with Gasteiger partial charge in [0.05, 0.1) is 5.75 Å². The molecule has 234 valence electrons. The second kappa shape index (κ2) is 16.3. The number of sulfonamides is 1. The first-order chi connectivity index (χ1) is 21.7. The van der Waals surface area contributed by atoms with E-state index in [1.54, 1.807) is 67.0 Å². The minimum atomic E-state index is -3.89. The van der Waals surface area contributed by atoms with Gasteiger partial charge in [0, 0.05) is 24.5 Å². The summed E-state index contributed by atoms with van der Waals surface area (Å²) in [6.45, 7) is 0.194. The van der Waals surface area contributed by atoms with E-state index in [2.05, 4.69) is 20.3 Å². The largest absolute Gasteiger partial charge is 0.384 e. The Labute approximate surface area is 264 Å². The van der Waals surface area contributed by atoms with E-state index in [1.165, 1.54) is 0 Å². The van der Waals surface area contributed by atoms with Crippen molar-refractivity contribution >= 4 is 27.7 Å². The molecule has 2 atom stereocenters. The van der Waals surface area contributed by atoms with E-state index in [-0.39, 0.29) is 31.0 Å². The number of pyridine rings is 1. The summed E-state index contributed by atoms with van der Waals surface area (Å²) < 4.78 is 29.0. The van der Waals surface area contributed by atoms with Crippen molar-refractivity contribution in [2.24, 2.45) is 5.73 Å². The third kappa shape index (κ3) is 11.0. The molecule has 3 aromatic carbocycles. The Morgan fingerprint density at radius 2 is 1.27 bits per heavy atom. The third-order valence-corrected chi connectivity index (χ3v) is 8.60. The molecule has 4 rings (SSSR count). The Bertz CT molecular complexity index is 1650. The molecular weight excluding hydrogens is 588 g/mol. The van der Waals surface area contributed by atoms with Crippen LogP contribution in [0.25, 0.3) is 0 Å². The van der Waals surface area contributed by atoms with Gasteiger partial charge in [0.15, 0.2) is 0 Å².